The van der Waals surface area contributed by atoms with Crippen LogP contribution in [-0.4, -0.2) is 38.3 Å². The van der Waals surface area contributed by atoms with Gasteiger partial charge in [-0.05, 0) is 71.5 Å². The molecule has 1 aliphatic rings. The lowest BCUT2D eigenvalue weighted by Gasteiger charge is -2.18. The summed E-state index contributed by atoms with van der Waals surface area (Å²) in [6.45, 7) is 6.12. The number of sulfonamides is 1. The van der Waals surface area contributed by atoms with Gasteiger partial charge in [-0.1, -0.05) is 44.2 Å². The fourth-order valence-corrected chi connectivity index (χ4v) is 5.96. The number of aryl methyl sites for hydroxylation is 1. The first kappa shape index (κ1) is 28.9. The quantitative estimate of drug-likeness (QED) is 0.210. The minimum atomic E-state index is -4.16. The number of fused-ring (bicyclic) bond motifs is 2. The first-order valence-corrected chi connectivity index (χ1v) is 15.1. The van der Waals surface area contributed by atoms with Crippen LogP contribution in [0.2, 0.25) is 0 Å². The number of carbonyl (C=O) groups excluding carboxylic acids is 2. The summed E-state index contributed by atoms with van der Waals surface area (Å²) >= 11 is 0. The molecule has 2 heterocycles. The van der Waals surface area contributed by atoms with E-state index in [1.54, 1.807) is 43.3 Å². The Kier molecular flexibility index (Phi) is 8.08. The van der Waals surface area contributed by atoms with Crippen LogP contribution in [0.3, 0.4) is 0 Å². The van der Waals surface area contributed by atoms with E-state index in [9.17, 15) is 18.0 Å². The maximum absolute atomic E-state index is 13.9. The Morgan fingerprint density at radius 1 is 1.00 bits per heavy atom. The highest BCUT2D eigenvalue weighted by Crippen LogP contribution is 2.39. The molecule has 1 unspecified atom stereocenters. The van der Waals surface area contributed by atoms with E-state index in [0.29, 0.717) is 22.6 Å². The number of nitrogens with zero attached hydrogens (tertiary/aromatic N) is 1. The van der Waals surface area contributed by atoms with Crippen molar-refractivity contribution in [3.8, 4) is 11.5 Å². The maximum Gasteiger partial charge on any atom is 0.330 e. The third-order valence-corrected chi connectivity index (χ3v) is 8.50. The van der Waals surface area contributed by atoms with Crippen LogP contribution < -0.4 is 14.2 Å². The Balaban J connectivity index is 1.55. The number of carbonyl (C=O) groups is 2. The molecule has 0 spiro atoms. The van der Waals surface area contributed by atoms with Crippen LogP contribution in [0.4, 0.5) is 0 Å². The van der Waals surface area contributed by atoms with E-state index in [-0.39, 0.29) is 24.2 Å². The van der Waals surface area contributed by atoms with Crippen molar-refractivity contribution >= 4 is 38.9 Å². The van der Waals surface area contributed by atoms with Gasteiger partial charge in [-0.2, -0.15) is 0 Å². The van der Waals surface area contributed by atoms with Crippen LogP contribution in [0.25, 0.3) is 17.0 Å². The molecule has 10 heteroatoms. The summed E-state index contributed by atoms with van der Waals surface area (Å²) in [6, 6.07) is 17.2. The molecule has 1 aliphatic heterocycles. The fraction of sp³-hybridized carbons (Fsp3) is 0.250. The van der Waals surface area contributed by atoms with Crippen molar-refractivity contribution in [2.24, 2.45) is 7.05 Å². The SMILES string of the molecule is CCOC(=O)/C=C/c1ccc2c(C(C(=O)NS(=O)(=O)c3ccc(C(C)C)cc3)c3ccc4c(c3)OCO4)cn(C)c2c1. The van der Waals surface area contributed by atoms with E-state index in [1.165, 1.54) is 18.2 Å². The Bertz CT molecular complexity index is 1790. The van der Waals surface area contributed by atoms with Crippen LogP contribution in [0, 0.1) is 0 Å². The molecule has 4 aromatic rings. The van der Waals surface area contributed by atoms with Gasteiger partial charge < -0.3 is 18.8 Å². The van der Waals surface area contributed by atoms with Crippen molar-refractivity contribution in [3.63, 3.8) is 0 Å². The first-order chi connectivity index (χ1) is 20.1. The van der Waals surface area contributed by atoms with E-state index in [1.807, 2.05) is 49.9 Å². The summed E-state index contributed by atoms with van der Waals surface area (Å²) in [5.74, 6) is -0.880. The topological polar surface area (TPSA) is 113 Å². The summed E-state index contributed by atoms with van der Waals surface area (Å²) in [5, 5.41) is 0.752. The van der Waals surface area contributed by atoms with E-state index >= 15 is 0 Å². The summed E-state index contributed by atoms with van der Waals surface area (Å²) in [7, 11) is -2.32. The van der Waals surface area contributed by atoms with Crippen molar-refractivity contribution in [2.45, 2.75) is 37.5 Å². The van der Waals surface area contributed by atoms with Crippen LogP contribution in [0.1, 0.15) is 54.9 Å². The molecule has 0 saturated carbocycles. The summed E-state index contributed by atoms with van der Waals surface area (Å²) in [5.41, 5.74) is 3.70. The van der Waals surface area contributed by atoms with Crippen molar-refractivity contribution in [1.82, 2.24) is 9.29 Å². The second-order valence-electron chi connectivity index (χ2n) is 10.3. The first-order valence-electron chi connectivity index (χ1n) is 13.6. The molecule has 1 N–H and O–H groups in total. The number of nitrogens with one attached hydrogen (secondary N) is 1. The maximum atomic E-state index is 13.9. The zero-order chi connectivity index (χ0) is 30.0. The smallest absolute Gasteiger partial charge is 0.330 e. The molecule has 0 radical (unpaired) electrons. The van der Waals surface area contributed by atoms with Crippen molar-refractivity contribution in [1.29, 1.82) is 0 Å². The van der Waals surface area contributed by atoms with Gasteiger partial charge in [-0.25, -0.2) is 17.9 Å². The van der Waals surface area contributed by atoms with Gasteiger partial charge in [-0.3, -0.25) is 4.79 Å². The standard InChI is InChI=1S/C32H32N2O7S/c1-5-39-30(35)15-7-21-6-13-25-26(18-34(4)27(25)16-21)31(23-10-14-28-29(17-23)41-19-40-28)32(36)33-42(37,38)24-11-8-22(9-12-24)20(2)3/h6-18,20,31H,5,19H2,1-4H3,(H,33,36)/b15-7+. The van der Waals surface area contributed by atoms with Crippen molar-refractivity contribution in [3.05, 3.63) is 95.2 Å². The van der Waals surface area contributed by atoms with Crippen LogP contribution in [0.15, 0.2) is 77.8 Å². The highest BCUT2D eigenvalue weighted by Gasteiger charge is 2.31. The average Bonchev–Trinajstić information content (AvgIpc) is 3.56. The van der Waals surface area contributed by atoms with Crippen LogP contribution in [0.5, 0.6) is 11.5 Å². The number of hydrogen-bond acceptors (Lipinski definition) is 7. The number of benzene rings is 3. The van der Waals surface area contributed by atoms with Crippen molar-refractivity contribution in [2.75, 3.05) is 13.4 Å². The van der Waals surface area contributed by atoms with Crippen molar-refractivity contribution < 1.29 is 32.2 Å². The van der Waals surface area contributed by atoms with Crippen LogP contribution >= 0.6 is 0 Å². The second-order valence-corrected chi connectivity index (χ2v) is 12.0. The molecule has 1 atom stereocenters. The summed E-state index contributed by atoms with van der Waals surface area (Å²) in [4.78, 5) is 25.7. The predicted molar refractivity (Wildman–Crippen MR) is 159 cm³/mol. The number of esters is 1. The lowest BCUT2D eigenvalue weighted by atomic mass is 9.90. The molecule has 0 fully saturated rings. The second kappa shape index (κ2) is 11.7. The van der Waals surface area contributed by atoms with Gasteiger partial charge in [0.1, 0.15) is 0 Å². The number of hydrogen-bond donors (Lipinski definition) is 1. The molecule has 3 aromatic carbocycles. The molecular formula is C32H32N2O7S. The highest BCUT2D eigenvalue weighted by atomic mass is 32.2. The van der Waals surface area contributed by atoms with Gasteiger partial charge in [0, 0.05) is 30.2 Å². The monoisotopic (exact) mass is 588 g/mol. The minimum Gasteiger partial charge on any atom is -0.463 e. The zero-order valence-electron chi connectivity index (χ0n) is 23.8. The summed E-state index contributed by atoms with van der Waals surface area (Å²) < 4.78 is 46.8. The molecule has 9 nitrogen and oxygen atoms in total. The molecule has 42 heavy (non-hydrogen) atoms. The molecular weight excluding hydrogens is 556 g/mol. The van der Waals surface area contributed by atoms with Gasteiger partial charge in [0.2, 0.25) is 12.7 Å². The fourth-order valence-electron chi connectivity index (χ4n) is 4.97. The average molecular weight is 589 g/mol. The van der Waals surface area contributed by atoms with Gasteiger partial charge >= 0.3 is 5.97 Å². The number of rotatable bonds is 9. The lowest BCUT2D eigenvalue weighted by Crippen LogP contribution is -2.35. The van der Waals surface area contributed by atoms with E-state index < -0.39 is 27.8 Å². The van der Waals surface area contributed by atoms with E-state index in [4.69, 9.17) is 14.2 Å². The van der Waals surface area contributed by atoms with Crippen LogP contribution in [-0.2, 0) is 31.4 Å². The molecule has 218 valence electrons. The Morgan fingerprint density at radius 3 is 2.43 bits per heavy atom. The number of aromatic nitrogens is 1. The number of ether oxygens (including phenoxy) is 3. The van der Waals surface area contributed by atoms with E-state index in [0.717, 1.165) is 22.0 Å². The predicted octanol–water partition coefficient (Wildman–Crippen LogP) is 5.24. The highest BCUT2D eigenvalue weighted by molar-refractivity contribution is 7.90. The zero-order valence-corrected chi connectivity index (χ0v) is 24.6. The Labute approximate surface area is 244 Å². The largest absolute Gasteiger partial charge is 0.463 e. The van der Waals surface area contributed by atoms with Gasteiger partial charge in [0.05, 0.1) is 17.4 Å². The lowest BCUT2D eigenvalue weighted by molar-refractivity contribution is -0.137. The molecule has 5 rings (SSSR count). The third kappa shape index (κ3) is 5.89. The Hall–Kier alpha value is -4.57. The normalized spacial score (nSPS) is 13.5. The van der Waals surface area contributed by atoms with Gasteiger partial charge in [-0.15, -0.1) is 0 Å². The number of amides is 1. The summed E-state index contributed by atoms with van der Waals surface area (Å²) in [6.07, 6.45) is 4.82. The Morgan fingerprint density at radius 2 is 1.71 bits per heavy atom. The minimum absolute atomic E-state index is 0.000588. The van der Waals surface area contributed by atoms with Gasteiger partial charge in [0.25, 0.3) is 10.0 Å². The third-order valence-electron chi connectivity index (χ3n) is 7.14. The molecule has 1 aromatic heterocycles. The molecule has 0 saturated heterocycles. The van der Waals surface area contributed by atoms with Gasteiger partial charge in [0.15, 0.2) is 11.5 Å². The molecule has 1 amide bonds. The molecule has 0 bridgehead atoms. The molecule has 0 aliphatic carbocycles. The van der Waals surface area contributed by atoms with E-state index in [2.05, 4.69) is 4.72 Å².